The first kappa shape index (κ1) is 20.3. The minimum absolute atomic E-state index is 0.0883. The van der Waals surface area contributed by atoms with E-state index < -0.39 is 0 Å². The summed E-state index contributed by atoms with van der Waals surface area (Å²) in [5.74, 6) is 1.56. The van der Waals surface area contributed by atoms with Crippen LogP contribution in [0.4, 0.5) is 0 Å². The van der Waals surface area contributed by atoms with Gasteiger partial charge in [-0.05, 0) is 37.5 Å². The average molecular weight is 391 g/mol. The molecule has 4 rings (SSSR count). The Hall–Kier alpha value is -2.45. The first-order valence-electron chi connectivity index (χ1n) is 10.1. The van der Waals surface area contributed by atoms with Gasteiger partial charge in [-0.1, -0.05) is 13.3 Å². The molecule has 2 amide bonds. The molecule has 9 nitrogen and oxygen atoms in total. The number of likely N-dealkylation sites (tertiary alicyclic amines) is 1. The number of hydrogen-bond acceptors (Lipinski definition) is 5. The van der Waals surface area contributed by atoms with Crippen LogP contribution in [0.15, 0.2) is 0 Å². The molecular formula is C19H29N5O4. The van der Waals surface area contributed by atoms with Gasteiger partial charge in [0.1, 0.15) is 5.82 Å². The maximum absolute atomic E-state index is 12.7. The highest BCUT2D eigenvalue weighted by molar-refractivity contribution is 5.91. The van der Waals surface area contributed by atoms with Crippen LogP contribution >= 0.6 is 0 Å². The Balaban J connectivity index is 0.000000706. The topological polar surface area (TPSA) is 117 Å². The molecule has 2 N–H and O–H groups in total. The monoisotopic (exact) mass is 391 g/mol. The van der Waals surface area contributed by atoms with Gasteiger partial charge in [0.05, 0.1) is 0 Å². The molecule has 0 aromatic carbocycles. The molecule has 1 unspecified atom stereocenters. The highest BCUT2D eigenvalue weighted by Crippen LogP contribution is 2.54. The molecule has 154 valence electrons. The average Bonchev–Trinajstić information content (AvgIpc) is 3.28. The Kier molecular flexibility index (Phi) is 6.31. The van der Waals surface area contributed by atoms with Crippen LogP contribution in [0.25, 0.3) is 0 Å². The third kappa shape index (κ3) is 4.18. The molecule has 0 radical (unpaired) electrons. The maximum Gasteiger partial charge on any atom is 0.290 e. The van der Waals surface area contributed by atoms with Gasteiger partial charge in [-0.2, -0.15) is 0 Å². The molecule has 2 fully saturated rings. The normalized spacial score (nSPS) is 22.3. The lowest BCUT2D eigenvalue weighted by Gasteiger charge is -2.32. The summed E-state index contributed by atoms with van der Waals surface area (Å²) in [4.78, 5) is 34.8. The Labute approximate surface area is 164 Å². The maximum atomic E-state index is 12.7. The second-order valence-electron chi connectivity index (χ2n) is 7.83. The molecule has 3 heterocycles. The minimum Gasteiger partial charge on any atom is -0.483 e. The third-order valence-corrected chi connectivity index (χ3v) is 6.22. The van der Waals surface area contributed by atoms with Gasteiger partial charge in [0.2, 0.25) is 11.7 Å². The molecule has 0 bridgehead atoms. The van der Waals surface area contributed by atoms with Crippen molar-refractivity contribution in [2.24, 2.45) is 5.41 Å². The lowest BCUT2D eigenvalue weighted by molar-refractivity contribution is -0.132. The molecule has 1 atom stereocenters. The van der Waals surface area contributed by atoms with E-state index >= 15 is 0 Å². The van der Waals surface area contributed by atoms with Crippen molar-refractivity contribution in [1.29, 1.82) is 0 Å². The summed E-state index contributed by atoms with van der Waals surface area (Å²) in [6, 6.07) is 0.220. The number of nitrogens with zero attached hydrogens (tertiary/aromatic N) is 4. The van der Waals surface area contributed by atoms with Gasteiger partial charge in [-0.3, -0.25) is 14.4 Å². The fraction of sp³-hybridized carbons (Fsp3) is 0.737. The molecule has 1 spiro atoms. The number of piperidine rings is 1. The SMILES string of the molecule is CCC(=O)N1CCC2(CC1)CC2NC(=O)c1nnc2n1CCCCC2.O=CO. The van der Waals surface area contributed by atoms with Gasteiger partial charge >= 0.3 is 0 Å². The number of aromatic nitrogens is 3. The fourth-order valence-electron chi connectivity index (χ4n) is 4.41. The van der Waals surface area contributed by atoms with E-state index in [9.17, 15) is 9.59 Å². The van der Waals surface area contributed by atoms with Gasteiger partial charge < -0.3 is 19.9 Å². The molecule has 9 heteroatoms. The smallest absolute Gasteiger partial charge is 0.290 e. The molecule has 1 saturated carbocycles. The predicted molar refractivity (Wildman–Crippen MR) is 101 cm³/mol. The van der Waals surface area contributed by atoms with Crippen LogP contribution in [0.2, 0.25) is 0 Å². The Bertz CT molecular complexity index is 724. The molecule has 1 aromatic rings. The third-order valence-electron chi connectivity index (χ3n) is 6.22. The summed E-state index contributed by atoms with van der Waals surface area (Å²) in [5, 5.41) is 18.4. The molecule has 2 aliphatic heterocycles. The van der Waals surface area contributed by atoms with Crippen LogP contribution in [0.3, 0.4) is 0 Å². The van der Waals surface area contributed by atoms with Crippen LogP contribution in [0.1, 0.15) is 68.3 Å². The van der Waals surface area contributed by atoms with Gasteiger partial charge in [0, 0.05) is 38.5 Å². The summed E-state index contributed by atoms with van der Waals surface area (Å²) >= 11 is 0. The van der Waals surface area contributed by atoms with Crippen LogP contribution in [-0.4, -0.2) is 62.2 Å². The summed E-state index contributed by atoms with van der Waals surface area (Å²) in [6.45, 7) is 4.14. The number of carbonyl (C=O) groups is 3. The van der Waals surface area contributed by atoms with E-state index in [1.165, 1.54) is 6.42 Å². The molecule has 1 saturated heterocycles. The van der Waals surface area contributed by atoms with Gasteiger partial charge in [-0.25, -0.2) is 0 Å². The van der Waals surface area contributed by atoms with Crippen molar-refractivity contribution in [2.75, 3.05) is 13.1 Å². The lowest BCUT2D eigenvalue weighted by Crippen LogP contribution is -2.41. The second-order valence-corrected chi connectivity index (χ2v) is 7.83. The van der Waals surface area contributed by atoms with E-state index in [-0.39, 0.29) is 29.7 Å². The Morgan fingerprint density at radius 1 is 1.21 bits per heavy atom. The summed E-state index contributed by atoms with van der Waals surface area (Å²) in [7, 11) is 0. The first-order chi connectivity index (χ1) is 13.5. The molecule has 28 heavy (non-hydrogen) atoms. The van der Waals surface area contributed by atoms with E-state index in [4.69, 9.17) is 9.90 Å². The minimum atomic E-state index is -0.250. The number of carbonyl (C=O) groups excluding carboxylic acids is 2. The summed E-state index contributed by atoms with van der Waals surface area (Å²) in [6.07, 6.45) is 7.87. The number of nitrogens with one attached hydrogen (secondary N) is 1. The first-order valence-corrected chi connectivity index (χ1v) is 10.1. The van der Waals surface area contributed by atoms with Crippen molar-refractivity contribution in [3.05, 3.63) is 11.6 Å². The lowest BCUT2D eigenvalue weighted by atomic mass is 9.92. The number of hydrogen-bond donors (Lipinski definition) is 2. The number of amides is 2. The number of aryl methyl sites for hydroxylation is 1. The van der Waals surface area contributed by atoms with E-state index in [0.717, 1.165) is 64.0 Å². The van der Waals surface area contributed by atoms with Crippen LogP contribution in [-0.2, 0) is 22.6 Å². The van der Waals surface area contributed by atoms with Crippen molar-refractivity contribution in [3.8, 4) is 0 Å². The van der Waals surface area contributed by atoms with E-state index in [1.807, 2.05) is 16.4 Å². The number of fused-ring (bicyclic) bond motifs is 1. The van der Waals surface area contributed by atoms with Crippen molar-refractivity contribution in [3.63, 3.8) is 0 Å². The van der Waals surface area contributed by atoms with Gasteiger partial charge in [0.15, 0.2) is 0 Å². The van der Waals surface area contributed by atoms with Crippen LogP contribution in [0.5, 0.6) is 0 Å². The van der Waals surface area contributed by atoms with E-state index in [2.05, 4.69) is 15.5 Å². The quantitative estimate of drug-likeness (QED) is 0.748. The predicted octanol–water partition coefficient (Wildman–Crippen LogP) is 1.23. The van der Waals surface area contributed by atoms with Crippen LogP contribution in [0, 0.1) is 5.41 Å². The van der Waals surface area contributed by atoms with E-state index in [1.54, 1.807) is 0 Å². The number of carboxylic acid groups (broad SMARTS) is 1. The highest BCUT2D eigenvalue weighted by Gasteiger charge is 2.56. The largest absolute Gasteiger partial charge is 0.483 e. The van der Waals surface area contributed by atoms with Crippen molar-refractivity contribution >= 4 is 18.3 Å². The Morgan fingerprint density at radius 2 is 1.93 bits per heavy atom. The zero-order valence-corrected chi connectivity index (χ0v) is 16.4. The standard InChI is InChI=1S/C18H27N5O2.CH2O2/c1-2-15(24)22-10-7-18(8-11-22)12-13(18)19-17(25)16-21-20-14-6-4-3-5-9-23(14)16;2-1-3/h13H,2-12H2,1H3,(H,19,25);1H,(H,2,3). The number of rotatable bonds is 3. The molecule has 1 aliphatic carbocycles. The van der Waals surface area contributed by atoms with Crippen molar-refractivity contribution < 1.29 is 19.5 Å². The second kappa shape index (κ2) is 8.70. The zero-order chi connectivity index (χ0) is 20.1. The Morgan fingerprint density at radius 3 is 2.61 bits per heavy atom. The summed E-state index contributed by atoms with van der Waals surface area (Å²) < 4.78 is 2.00. The van der Waals surface area contributed by atoms with Gasteiger partial charge in [-0.15, -0.1) is 10.2 Å². The molecular weight excluding hydrogens is 362 g/mol. The molecule has 3 aliphatic rings. The van der Waals surface area contributed by atoms with Crippen LogP contribution < -0.4 is 5.32 Å². The van der Waals surface area contributed by atoms with Crippen molar-refractivity contribution in [1.82, 2.24) is 25.0 Å². The molecule has 1 aromatic heterocycles. The zero-order valence-electron chi connectivity index (χ0n) is 16.4. The van der Waals surface area contributed by atoms with E-state index in [0.29, 0.717) is 12.2 Å². The van der Waals surface area contributed by atoms with Gasteiger partial charge in [0.25, 0.3) is 12.4 Å². The fourth-order valence-corrected chi connectivity index (χ4v) is 4.41. The van der Waals surface area contributed by atoms with Crippen molar-refractivity contribution in [2.45, 2.75) is 70.9 Å². The summed E-state index contributed by atoms with van der Waals surface area (Å²) in [5.41, 5.74) is 0.196. The highest BCUT2D eigenvalue weighted by atomic mass is 16.3.